The molecule has 1 unspecified atom stereocenters. The van der Waals surface area contributed by atoms with E-state index in [4.69, 9.17) is 16.3 Å². The standard InChI is InChI=1S/C29H31ClF3N3O3S/c1-39-22-7-9-23(10-8-22)40-19-28(38)17-20(18-29(31,32)33)27(37)36(28)15-5-3-2-4-13-34-25-12-14-35-26-16-21(30)6-11-24(25)26/h6-12,14,16-17,38H,2-5,13,15,18-19H2,1H3,(H,34,35). The summed E-state index contributed by atoms with van der Waals surface area (Å²) in [6.45, 7) is 0.893. The van der Waals surface area contributed by atoms with Crippen molar-refractivity contribution in [2.45, 2.75) is 48.9 Å². The van der Waals surface area contributed by atoms with Gasteiger partial charge in [0.2, 0.25) is 0 Å². The van der Waals surface area contributed by atoms with Gasteiger partial charge in [-0.2, -0.15) is 13.2 Å². The number of benzene rings is 2. The number of fused-ring (bicyclic) bond motifs is 1. The summed E-state index contributed by atoms with van der Waals surface area (Å²) < 4.78 is 44.5. The quantitative estimate of drug-likeness (QED) is 0.163. The van der Waals surface area contributed by atoms with Gasteiger partial charge in [-0.3, -0.25) is 9.78 Å². The van der Waals surface area contributed by atoms with Crippen molar-refractivity contribution < 1.29 is 27.8 Å². The molecule has 4 rings (SSSR count). The van der Waals surface area contributed by atoms with Crippen LogP contribution in [0.1, 0.15) is 32.1 Å². The van der Waals surface area contributed by atoms with Crippen molar-refractivity contribution in [2.75, 3.05) is 31.3 Å². The van der Waals surface area contributed by atoms with Gasteiger partial charge < -0.3 is 20.1 Å². The summed E-state index contributed by atoms with van der Waals surface area (Å²) >= 11 is 7.32. The Morgan fingerprint density at radius 2 is 1.85 bits per heavy atom. The molecule has 0 saturated heterocycles. The number of carbonyl (C=O) groups excluding carboxylic acids is 1. The number of thioether (sulfide) groups is 1. The second kappa shape index (κ2) is 13.1. The molecule has 0 fully saturated rings. The third-order valence-corrected chi connectivity index (χ3v) is 8.03. The highest BCUT2D eigenvalue weighted by atomic mass is 35.5. The zero-order valence-corrected chi connectivity index (χ0v) is 23.6. The number of nitrogens with one attached hydrogen (secondary N) is 1. The molecule has 11 heteroatoms. The van der Waals surface area contributed by atoms with Gasteiger partial charge in [0.15, 0.2) is 5.72 Å². The molecular weight excluding hydrogens is 563 g/mol. The molecular formula is C29H31ClF3N3O3S. The van der Waals surface area contributed by atoms with E-state index in [9.17, 15) is 23.1 Å². The number of alkyl halides is 3. The van der Waals surface area contributed by atoms with Gasteiger partial charge in [-0.15, -0.1) is 11.8 Å². The van der Waals surface area contributed by atoms with E-state index in [2.05, 4.69) is 10.3 Å². The zero-order valence-electron chi connectivity index (χ0n) is 22.0. The first-order valence-electron chi connectivity index (χ1n) is 13.0. The summed E-state index contributed by atoms with van der Waals surface area (Å²) in [6.07, 6.45) is -0.0646. The second-order valence-corrected chi connectivity index (χ2v) is 11.1. The molecule has 6 nitrogen and oxygen atoms in total. The third kappa shape index (κ3) is 7.83. The van der Waals surface area contributed by atoms with Crippen LogP contribution in [0.4, 0.5) is 18.9 Å². The van der Waals surface area contributed by atoms with E-state index < -0.39 is 29.8 Å². The normalized spacial score (nSPS) is 17.4. The second-order valence-electron chi connectivity index (χ2n) is 9.62. The number of halogens is 4. The van der Waals surface area contributed by atoms with Gasteiger partial charge in [0.1, 0.15) is 5.75 Å². The number of rotatable bonds is 13. The predicted octanol–water partition coefficient (Wildman–Crippen LogP) is 7.07. The predicted molar refractivity (Wildman–Crippen MR) is 153 cm³/mol. The minimum absolute atomic E-state index is 0.0153. The summed E-state index contributed by atoms with van der Waals surface area (Å²) in [4.78, 5) is 19.2. The molecule has 2 heterocycles. The number of pyridine rings is 1. The minimum atomic E-state index is -4.54. The molecule has 1 aromatic heterocycles. The number of anilines is 1. The maximum atomic E-state index is 13.1. The molecule has 1 aliphatic heterocycles. The third-order valence-electron chi connectivity index (χ3n) is 6.62. The molecule has 1 atom stereocenters. The lowest BCUT2D eigenvalue weighted by molar-refractivity contribution is -0.145. The van der Waals surface area contributed by atoms with Gasteiger partial charge >= 0.3 is 6.18 Å². The number of unbranched alkanes of at least 4 members (excludes halogenated alkanes) is 3. The van der Waals surface area contributed by atoms with Crippen LogP contribution in [0.15, 0.2) is 71.3 Å². The van der Waals surface area contributed by atoms with E-state index in [1.165, 1.54) is 16.7 Å². The van der Waals surface area contributed by atoms with Crippen molar-refractivity contribution in [3.63, 3.8) is 0 Å². The van der Waals surface area contributed by atoms with Crippen molar-refractivity contribution in [1.29, 1.82) is 0 Å². The maximum Gasteiger partial charge on any atom is 0.393 e. The number of ether oxygens (including phenoxy) is 1. The molecule has 0 aliphatic carbocycles. The van der Waals surface area contributed by atoms with Crippen molar-refractivity contribution in [2.24, 2.45) is 0 Å². The molecule has 214 valence electrons. The van der Waals surface area contributed by atoms with Crippen LogP contribution >= 0.6 is 23.4 Å². The van der Waals surface area contributed by atoms with E-state index >= 15 is 0 Å². The van der Waals surface area contributed by atoms with E-state index in [1.54, 1.807) is 37.6 Å². The molecule has 2 aromatic carbocycles. The summed E-state index contributed by atoms with van der Waals surface area (Å²) in [5.41, 5.74) is -0.439. The van der Waals surface area contributed by atoms with Crippen LogP contribution in [0.5, 0.6) is 5.75 Å². The number of carbonyl (C=O) groups is 1. The summed E-state index contributed by atoms with van der Waals surface area (Å²) in [6, 6.07) is 14.6. The van der Waals surface area contributed by atoms with Crippen molar-refractivity contribution in [3.05, 3.63) is 71.4 Å². The first-order chi connectivity index (χ1) is 19.1. The molecule has 1 amide bonds. The molecule has 3 aromatic rings. The Kier molecular flexibility index (Phi) is 9.86. The number of hydrogen-bond donors (Lipinski definition) is 2. The first-order valence-corrected chi connectivity index (χ1v) is 14.3. The Bertz CT molecular complexity index is 1350. The molecule has 0 spiro atoms. The lowest BCUT2D eigenvalue weighted by Crippen LogP contribution is -2.48. The average Bonchev–Trinajstić information content (AvgIpc) is 3.14. The topological polar surface area (TPSA) is 74.7 Å². The molecule has 1 aliphatic rings. The fraction of sp³-hybridized carbons (Fsp3) is 0.379. The Hall–Kier alpha value is -2.95. The first kappa shape index (κ1) is 30.0. The van der Waals surface area contributed by atoms with Gasteiger partial charge in [0, 0.05) is 45.9 Å². The molecule has 0 radical (unpaired) electrons. The highest BCUT2D eigenvalue weighted by molar-refractivity contribution is 7.99. The van der Waals surface area contributed by atoms with E-state index in [1.807, 2.05) is 24.3 Å². The molecule has 0 bridgehead atoms. The van der Waals surface area contributed by atoms with Gasteiger partial charge in [0.05, 0.1) is 24.8 Å². The Labute approximate surface area is 240 Å². The summed E-state index contributed by atoms with van der Waals surface area (Å²) in [5.74, 6) is -0.0784. The summed E-state index contributed by atoms with van der Waals surface area (Å²) in [7, 11) is 1.55. The zero-order chi connectivity index (χ0) is 28.8. The highest BCUT2D eigenvalue weighted by Gasteiger charge is 2.46. The Balaban J connectivity index is 1.29. The Morgan fingerprint density at radius 1 is 1.10 bits per heavy atom. The van der Waals surface area contributed by atoms with Crippen LogP contribution < -0.4 is 10.1 Å². The van der Waals surface area contributed by atoms with Crippen LogP contribution in [-0.4, -0.2) is 58.8 Å². The van der Waals surface area contributed by atoms with Crippen LogP contribution in [0.2, 0.25) is 5.02 Å². The van der Waals surface area contributed by atoms with Crippen molar-refractivity contribution in [1.82, 2.24) is 9.88 Å². The lowest BCUT2D eigenvalue weighted by atomic mass is 10.1. The smallest absolute Gasteiger partial charge is 0.393 e. The van der Waals surface area contributed by atoms with Gasteiger partial charge in [-0.05, 0) is 67.4 Å². The number of nitrogens with zero attached hydrogens (tertiary/aromatic N) is 2. The summed E-state index contributed by atoms with van der Waals surface area (Å²) in [5, 5.41) is 16.3. The number of hydrogen-bond acceptors (Lipinski definition) is 6. The van der Waals surface area contributed by atoms with Crippen LogP contribution in [0.3, 0.4) is 0 Å². The van der Waals surface area contributed by atoms with Gasteiger partial charge in [-0.25, -0.2) is 0 Å². The lowest BCUT2D eigenvalue weighted by Gasteiger charge is -2.33. The van der Waals surface area contributed by atoms with Gasteiger partial charge in [0.25, 0.3) is 5.91 Å². The number of amides is 1. The Morgan fingerprint density at radius 3 is 2.58 bits per heavy atom. The fourth-order valence-electron chi connectivity index (χ4n) is 4.63. The van der Waals surface area contributed by atoms with Crippen molar-refractivity contribution >= 4 is 45.9 Å². The van der Waals surface area contributed by atoms with Crippen LogP contribution in [0, 0.1) is 0 Å². The van der Waals surface area contributed by atoms with Gasteiger partial charge in [-0.1, -0.05) is 24.4 Å². The highest BCUT2D eigenvalue weighted by Crippen LogP contribution is 2.37. The van der Waals surface area contributed by atoms with Crippen molar-refractivity contribution in [3.8, 4) is 5.75 Å². The van der Waals surface area contributed by atoms with Crippen LogP contribution in [0.25, 0.3) is 10.9 Å². The number of aliphatic hydroxyl groups is 1. The van der Waals surface area contributed by atoms with Crippen LogP contribution in [-0.2, 0) is 4.79 Å². The minimum Gasteiger partial charge on any atom is -0.497 e. The fourth-order valence-corrected chi connectivity index (χ4v) is 5.75. The van der Waals surface area contributed by atoms with E-state index in [0.29, 0.717) is 17.2 Å². The number of aromatic nitrogens is 1. The van der Waals surface area contributed by atoms with E-state index in [0.717, 1.165) is 53.4 Å². The molecule has 0 saturated carbocycles. The average molecular weight is 594 g/mol. The molecule has 40 heavy (non-hydrogen) atoms. The monoisotopic (exact) mass is 593 g/mol. The van der Waals surface area contributed by atoms with E-state index in [-0.39, 0.29) is 12.3 Å². The molecule has 2 N–H and O–H groups in total. The number of methoxy groups -OCH3 is 1. The largest absolute Gasteiger partial charge is 0.497 e. The maximum absolute atomic E-state index is 13.1. The SMILES string of the molecule is COc1ccc(SCC2(O)C=C(CC(F)(F)F)C(=O)N2CCCCCCNc2ccnc3cc(Cl)ccc23)cc1.